The Kier molecular flexibility index (Phi) is 2.00. The summed E-state index contributed by atoms with van der Waals surface area (Å²) in [6, 6.07) is 3.43. The van der Waals surface area contributed by atoms with Gasteiger partial charge in [0.15, 0.2) is 0 Å². The Hall–Kier alpha value is -1.38. The highest BCUT2D eigenvalue weighted by Gasteiger charge is 2.21. The average Bonchev–Trinajstić information content (AvgIpc) is 2.89. The second-order valence-electron chi connectivity index (χ2n) is 3.49. The van der Waals surface area contributed by atoms with Crippen molar-refractivity contribution < 1.29 is 9.90 Å². The number of aromatic carboxylic acids is 1. The summed E-state index contributed by atoms with van der Waals surface area (Å²) < 4.78 is 0. The van der Waals surface area contributed by atoms with Crippen molar-refractivity contribution in [2.75, 3.05) is 0 Å². The summed E-state index contributed by atoms with van der Waals surface area (Å²) in [6.07, 6.45) is 5.02. The summed E-state index contributed by atoms with van der Waals surface area (Å²) in [4.78, 5) is 14.6. The van der Waals surface area contributed by atoms with E-state index in [9.17, 15) is 4.79 Å². The van der Waals surface area contributed by atoms with Gasteiger partial charge in [-0.05, 0) is 37.3 Å². The van der Waals surface area contributed by atoms with Gasteiger partial charge >= 0.3 is 5.97 Å². The van der Waals surface area contributed by atoms with Gasteiger partial charge in [-0.15, -0.1) is 0 Å². The maximum absolute atomic E-state index is 10.5. The predicted octanol–water partition coefficient (Wildman–Crippen LogP) is 1.73. The summed E-state index contributed by atoms with van der Waals surface area (Å²) in [6.45, 7) is 0. The van der Waals surface area contributed by atoms with Gasteiger partial charge in [-0.1, -0.05) is 0 Å². The molecule has 1 aromatic rings. The highest BCUT2D eigenvalue weighted by Crippen LogP contribution is 2.31. The quantitative estimate of drug-likeness (QED) is 0.764. The molecule has 1 fully saturated rings. The van der Waals surface area contributed by atoms with Crippen LogP contribution in [0.25, 0.3) is 0 Å². The minimum atomic E-state index is -0.912. The summed E-state index contributed by atoms with van der Waals surface area (Å²) in [5.41, 5.74) is 1.27. The van der Waals surface area contributed by atoms with E-state index in [2.05, 4.69) is 4.98 Å². The number of carbonyl (C=O) groups is 1. The van der Waals surface area contributed by atoms with E-state index >= 15 is 0 Å². The predicted molar refractivity (Wildman–Crippen MR) is 47.6 cm³/mol. The highest BCUT2D eigenvalue weighted by molar-refractivity contribution is 5.87. The lowest BCUT2D eigenvalue weighted by Crippen LogP contribution is -1.99. The summed E-state index contributed by atoms with van der Waals surface area (Å²) in [5, 5.41) is 8.63. The molecule has 0 spiro atoms. The van der Waals surface area contributed by atoms with Gasteiger partial charge in [-0.25, -0.2) is 4.79 Å². The van der Waals surface area contributed by atoms with Crippen LogP contribution in [-0.2, 0) is 6.42 Å². The van der Waals surface area contributed by atoms with Crippen LogP contribution in [0.2, 0.25) is 0 Å². The molecule has 0 amide bonds. The van der Waals surface area contributed by atoms with Crippen molar-refractivity contribution in [1.82, 2.24) is 4.98 Å². The van der Waals surface area contributed by atoms with Gasteiger partial charge < -0.3 is 5.11 Å². The molecule has 0 unspecified atom stereocenters. The number of hydrogen-bond acceptors (Lipinski definition) is 2. The molecule has 0 radical (unpaired) electrons. The first-order chi connectivity index (χ1) is 6.25. The number of aromatic nitrogens is 1. The summed E-state index contributed by atoms with van der Waals surface area (Å²) in [5.74, 6) is -0.117. The van der Waals surface area contributed by atoms with Crippen LogP contribution in [0.4, 0.5) is 0 Å². The standard InChI is InChI=1S/C10H11NO2/c12-10(13)8-3-4-9(11-6-8)5-7-1-2-7/h3-4,6-7H,1-2,5H2,(H,12,13). The van der Waals surface area contributed by atoms with Crippen molar-refractivity contribution in [3.63, 3.8) is 0 Å². The minimum absolute atomic E-state index is 0.263. The molecular formula is C10H11NO2. The van der Waals surface area contributed by atoms with Crippen LogP contribution in [-0.4, -0.2) is 16.1 Å². The molecule has 1 aliphatic rings. The largest absolute Gasteiger partial charge is 0.478 e. The van der Waals surface area contributed by atoms with Crippen LogP contribution >= 0.6 is 0 Å². The molecule has 2 rings (SSSR count). The smallest absolute Gasteiger partial charge is 0.337 e. The molecule has 1 saturated carbocycles. The molecule has 0 aliphatic heterocycles. The molecule has 1 aliphatic carbocycles. The Bertz CT molecular complexity index is 314. The van der Waals surface area contributed by atoms with E-state index in [-0.39, 0.29) is 5.56 Å². The first-order valence-corrected chi connectivity index (χ1v) is 4.44. The first kappa shape index (κ1) is 8.23. The monoisotopic (exact) mass is 177 g/mol. The van der Waals surface area contributed by atoms with Crippen LogP contribution in [0.5, 0.6) is 0 Å². The van der Waals surface area contributed by atoms with Crippen LogP contribution in [0, 0.1) is 5.92 Å². The number of carboxylic acids is 1. The molecular weight excluding hydrogens is 166 g/mol. The molecule has 68 valence electrons. The van der Waals surface area contributed by atoms with E-state index in [1.54, 1.807) is 6.07 Å². The lowest BCUT2D eigenvalue weighted by atomic mass is 10.2. The van der Waals surface area contributed by atoms with E-state index in [4.69, 9.17) is 5.11 Å². The van der Waals surface area contributed by atoms with Gasteiger partial charge in [0.1, 0.15) is 0 Å². The van der Waals surface area contributed by atoms with Gasteiger partial charge in [0.25, 0.3) is 0 Å². The molecule has 1 heterocycles. The molecule has 0 bridgehead atoms. The minimum Gasteiger partial charge on any atom is -0.478 e. The normalized spacial score (nSPS) is 15.7. The van der Waals surface area contributed by atoms with Crippen LogP contribution < -0.4 is 0 Å². The van der Waals surface area contributed by atoms with Crippen molar-refractivity contribution in [1.29, 1.82) is 0 Å². The van der Waals surface area contributed by atoms with Crippen molar-refractivity contribution in [2.24, 2.45) is 5.92 Å². The highest BCUT2D eigenvalue weighted by atomic mass is 16.4. The number of nitrogens with zero attached hydrogens (tertiary/aromatic N) is 1. The maximum atomic E-state index is 10.5. The molecule has 0 saturated heterocycles. The number of pyridine rings is 1. The summed E-state index contributed by atoms with van der Waals surface area (Å²) in [7, 11) is 0. The molecule has 1 aromatic heterocycles. The zero-order valence-electron chi connectivity index (χ0n) is 7.23. The second kappa shape index (κ2) is 3.17. The van der Waals surface area contributed by atoms with E-state index in [1.807, 2.05) is 6.07 Å². The molecule has 3 heteroatoms. The number of rotatable bonds is 3. The van der Waals surface area contributed by atoms with Gasteiger partial charge in [0, 0.05) is 11.9 Å². The Balaban J connectivity index is 2.08. The molecule has 13 heavy (non-hydrogen) atoms. The lowest BCUT2D eigenvalue weighted by molar-refractivity contribution is 0.0696. The van der Waals surface area contributed by atoms with Gasteiger partial charge in [0.05, 0.1) is 5.56 Å². The summed E-state index contributed by atoms with van der Waals surface area (Å²) >= 11 is 0. The molecule has 0 atom stereocenters. The Morgan fingerprint density at radius 3 is 2.77 bits per heavy atom. The maximum Gasteiger partial charge on any atom is 0.337 e. The Morgan fingerprint density at radius 2 is 2.31 bits per heavy atom. The second-order valence-corrected chi connectivity index (χ2v) is 3.49. The zero-order chi connectivity index (χ0) is 9.26. The third-order valence-electron chi connectivity index (χ3n) is 2.27. The number of hydrogen-bond donors (Lipinski definition) is 1. The van der Waals surface area contributed by atoms with Crippen LogP contribution in [0.3, 0.4) is 0 Å². The number of carboxylic acid groups (broad SMARTS) is 1. The third kappa shape index (κ3) is 2.05. The van der Waals surface area contributed by atoms with E-state index < -0.39 is 5.97 Å². The van der Waals surface area contributed by atoms with E-state index in [0.717, 1.165) is 18.0 Å². The van der Waals surface area contributed by atoms with Crippen molar-refractivity contribution in [2.45, 2.75) is 19.3 Å². The van der Waals surface area contributed by atoms with Crippen LogP contribution in [0.15, 0.2) is 18.3 Å². The lowest BCUT2D eigenvalue weighted by Gasteiger charge is -1.98. The van der Waals surface area contributed by atoms with Gasteiger partial charge in [-0.2, -0.15) is 0 Å². The van der Waals surface area contributed by atoms with Gasteiger partial charge in [-0.3, -0.25) is 4.98 Å². The molecule has 1 N–H and O–H groups in total. The molecule has 0 aromatic carbocycles. The van der Waals surface area contributed by atoms with E-state index in [0.29, 0.717) is 0 Å². The van der Waals surface area contributed by atoms with Gasteiger partial charge in [0.2, 0.25) is 0 Å². The Labute approximate surface area is 76.4 Å². The fourth-order valence-electron chi connectivity index (χ4n) is 1.29. The first-order valence-electron chi connectivity index (χ1n) is 4.44. The van der Waals surface area contributed by atoms with Crippen molar-refractivity contribution >= 4 is 5.97 Å². The zero-order valence-corrected chi connectivity index (χ0v) is 7.23. The Morgan fingerprint density at radius 1 is 1.54 bits per heavy atom. The molecule has 3 nitrogen and oxygen atoms in total. The topological polar surface area (TPSA) is 50.2 Å². The van der Waals surface area contributed by atoms with E-state index in [1.165, 1.54) is 19.0 Å². The third-order valence-corrected chi connectivity index (χ3v) is 2.27. The fourth-order valence-corrected chi connectivity index (χ4v) is 1.29. The van der Waals surface area contributed by atoms with Crippen molar-refractivity contribution in [3.8, 4) is 0 Å². The fraction of sp³-hybridized carbons (Fsp3) is 0.400. The average molecular weight is 177 g/mol. The van der Waals surface area contributed by atoms with Crippen molar-refractivity contribution in [3.05, 3.63) is 29.6 Å². The van der Waals surface area contributed by atoms with Crippen LogP contribution in [0.1, 0.15) is 28.9 Å². The SMILES string of the molecule is O=C(O)c1ccc(CC2CC2)nc1.